The molecule has 0 aliphatic rings. The zero-order valence-electron chi connectivity index (χ0n) is 9.81. The van der Waals surface area contributed by atoms with Gasteiger partial charge in [0, 0.05) is 3.57 Å². The van der Waals surface area contributed by atoms with E-state index in [9.17, 15) is 4.79 Å². The number of carbonyl (C=O) groups excluding carboxylic acids is 1. The summed E-state index contributed by atoms with van der Waals surface area (Å²) in [6.07, 6.45) is 1.59. The molecule has 0 saturated carbocycles. The Hall–Kier alpha value is -1.50. The smallest absolute Gasteiger partial charge is 0.319 e. The zero-order valence-corrected chi connectivity index (χ0v) is 12.0. The molecule has 0 unspecified atom stereocenters. The van der Waals surface area contributed by atoms with Gasteiger partial charge in [-0.25, -0.2) is 4.79 Å². The lowest BCUT2D eigenvalue weighted by Crippen LogP contribution is -2.31. The molecule has 18 heavy (non-hydrogen) atoms. The number of nitrogens with one attached hydrogen (secondary N) is 2. The van der Waals surface area contributed by atoms with Crippen LogP contribution in [-0.2, 0) is 0 Å². The second-order valence-electron chi connectivity index (χ2n) is 3.82. The Kier molecular flexibility index (Phi) is 4.24. The zero-order chi connectivity index (χ0) is 13.0. The SMILES string of the molecule is C[C@H](NC(=O)Nc1ccccc1I)c1ccco1. The maximum atomic E-state index is 11.8. The van der Waals surface area contributed by atoms with Crippen LogP contribution in [0.3, 0.4) is 0 Å². The summed E-state index contributed by atoms with van der Waals surface area (Å²) in [6, 6.07) is 10.8. The highest BCUT2D eigenvalue weighted by Gasteiger charge is 2.12. The molecule has 2 aromatic rings. The summed E-state index contributed by atoms with van der Waals surface area (Å²) in [5, 5.41) is 5.61. The summed E-state index contributed by atoms with van der Waals surface area (Å²) in [6.45, 7) is 1.87. The Balaban J connectivity index is 1.95. The molecule has 2 N–H and O–H groups in total. The predicted molar refractivity (Wildman–Crippen MR) is 78.4 cm³/mol. The van der Waals surface area contributed by atoms with Gasteiger partial charge < -0.3 is 15.1 Å². The topological polar surface area (TPSA) is 54.3 Å². The monoisotopic (exact) mass is 356 g/mol. The number of hydrogen-bond acceptors (Lipinski definition) is 2. The molecule has 0 fully saturated rings. The van der Waals surface area contributed by atoms with Gasteiger partial charge >= 0.3 is 6.03 Å². The van der Waals surface area contributed by atoms with Gasteiger partial charge in [-0.1, -0.05) is 12.1 Å². The van der Waals surface area contributed by atoms with Crippen molar-refractivity contribution in [2.75, 3.05) is 5.32 Å². The predicted octanol–water partition coefficient (Wildman–Crippen LogP) is 3.77. The molecule has 1 heterocycles. The third-order valence-electron chi connectivity index (χ3n) is 2.44. The van der Waals surface area contributed by atoms with Crippen LogP contribution in [-0.4, -0.2) is 6.03 Å². The quantitative estimate of drug-likeness (QED) is 0.823. The molecule has 1 aromatic carbocycles. The molecule has 2 amide bonds. The minimum Gasteiger partial charge on any atom is -0.467 e. The van der Waals surface area contributed by atoms with Crippen LogP contribution < -0.4 is 10.6 Å². The third kappa shape index (κ3) is 3.25. The van der Waals surface area contributed by atoms with Crippen molar-refractivity contribution in [3.8, 4) is 0 Å². The molecular weight excluding hydrogens is 343 g/mol. The van der Waals surface area contributed by atoms with Crippen LogP contribution in [0.2, 0.25) is 0 Å². The Morgan fingerprint density at radius 2 is 2.06 bits per heavy atom. The number of benzene rings is 1. The number of carbonyl (C=O) groups is 1. The van der Waals surface area contributed by atoms with Crippen molar-refractivity contribution in [1.29, 1.82) is 0 Å². The van der Waals surface area contributed by atoms with Crippen LogP contribution in [0.15, 0.2) is 47.1 Å². The maximum absolute atomic E-state index is 11.8. The molecule has 4 nitrogen and oxygen atoms in total. The standard InChI is InChI=1S/C13H13IN2O2/c1-9(12-7-4-8-18-12)15-13(17)16-11-6-3-2-5-10(11)14/h2-9H,1H3,(H2,15,16,17)/t9-/m0/s1. The second kappa shape index (κ2) is 5.90. The Labute approximate surface area is 119 Å². The number of urea groups is 1. The van der Waals surface area contributed by atoms with Crippen molar-refractivity contribution in [3.05, 3.63) is 52.0 Å². The molecular formula is C13H13IN2O2. The lowest BCUT2D eigenvalue weighted by Gasteiger charge is -2.13. The normalized spacial score (nSPS) is 11.9. The van der Waals surface area contributed by atoms with E-state index in [1.54, 1.807) is 12.3 Å². The number of furan rings is 1. The molecule has 0 spiro atoms. The summed E-state index contributed by atoms with van der Waals surface area (Å²) in [5.74, 6) is 0.730. The minimum absolute atomic E-state index is 0.165. The molecule has 0 radical (unpaired) electrons. The van der Waals surface area contributed by atoms with Gasteiger partial charge in [-0.05, 0) is 53.8 Å². The Morgan fingerprint density at radius 1 is 1.28 bits per heavy atom. The Bertz CT molecular complexity index is 526. The lowest BCUT2D eigenvalue weighted by atomic mass is 10.2. The van der Waals surface area contributed by atoms with Gasteiger partial charge in [-0.3, -0.25) is 0 Å². The summed E-state index contributed by atoms with van der Waals surface area (Å²) in [5.41, 5.74) is 0.794. The van der Waals surface area contributed by atoms with E-state index in [1.165, 1.54) is 0 Å². The molecule has 1 aromatic heterocycles. The van der Waals surface area contributed by atoms with E-state index in [1.807, 2.05) is 37.3 Å². The number of para-hydroxylation sites is 1. The van der Waals surface area contributed by atoms with E-state index in [4.69, 9.17) is 4.42 Å². The van der Waals surface area contributed by atoms with Crippen LogP contribution in [0.1, 0.15) is 18.7 Å². The largest absolute Gasteiger partial charge is 0.467 e. The van der Waals surface area contributed by atoms with Gasteiger partial charge in [0.1, 0.15) is 5.76 Å². The van der Waals surface area contributed by atoms with Crippen LogP contribution in [0.5, 0.6) is 0 Å². The lowest BCUT2D eigenvalue weighted by molar-refractivity contribution is 0.247. The fraction of sp³-hybridized carbons (Fsp3) is 0.154. The Morgan fingerprint density at radius 3 is 2.72 bits per heavy atom. The fourth-order valence-electron chi connectivity index (χ4n) is 1.53. The molecule has 2 rings (SSSR count). The third-order valence-corrected chi connectivity index (χ3v) is 3.38. The van der Waals surface area contributed by atoms with E-state index in [-0.39, 0.29) is 12.1 Å². The van der Waals surface area contributed by atoms with E-state index < -0.39 is 0 Å². The number of amides is 2. The first-order chi connectivity index (χ1) is 8.66. The molecule has 94 valence electrons. The van der Waals surface area contributed by atoms with Crippen LogP contribution >= 0.6 is 22.6 Å². The second-order valence-corrected chi connectivity index (χ2v) is 4.98. The fourth-order valence-corrected chi connectivity index (χ4v) is 2.05. The number of hydrogen-bond donors (Lipinski definition) is 2. The van der Waals surface area contributed by atoms with Crippen molar-refractivity contribution in [1.82, 2.24) is 5.32 Å². The summed E-state index contributed by atoms with van der Waals surface area (Å²) >= 11 is 2.18. The highest BCUT2D eigenvalue weighted by molar-refractivity contribution is 14.1. The molecule has 0 bridgehead atoms. The van der Waals surface area contributed by atoms with E-state index in [0.717, 1.165) is 15.0 Å². The molecule has 0 aliphatic carbocycles. The first-order valence-electron chi connectivity index (χ1n) is 5.52. The highest BCUT2D eigenvalue weighted by Crippen LogP contribution is 2.17. The van der Waals surface area contributed by atoms with Crippen LogP contribution in [0, 0.1) is 3.57 Å². The number of anilines is 1. The van der Waals surface area contributed by atoms with Gasteiger partial charge in [0.15, 0.2) is 0 Å². The van der Waals surface area contributed by atoms with Gasteiger partial charge in [-0.2, -0.15) is 0 Å². The van der Waals surface area contributed by atoms with Gasteiger partial charge in [-0.15, -0.1) is 0 Å². The van der Waals surface area contributed by atoms with E-state index >= 15 is 0 Å². The van der Waals surface area contributed by atoms with E-state index in [0.29, 0.717) is 0 Å². The van der Waals surface area contributed by atoms with Crippen molar-refractivity contribution >= 4 is 34.3 Å². The summed E-state index contributed by atoms with van der Waals surface area (Å²) < 4.78 is 6.22. The van der Waals surface area contributed by atoms with Crippen LogP contribution in [0.25, 0.3) is 0 Å². The van der Waals surface area contributed by atoms with Crippen molar-refractivity contribution in [3.63, 3.8) is 0 Å². The average molecular weight is 356 g/mol. The first kappa shape index (κ1) is 12.9. The van der Waals surface area contributed by atoms with Gasteiger partial charge in [0.25, 0.3) is 0 Å². The van der Waals surface area contributed by atoms with Gasteiger partial charge in [0.2, 0.25) is 0 Å². The first-order valence-corrected chi connectivity index (χ1v) is 6.60. The van der Waals surface area contributed by atoms with E-state index in [2.05, 4.69) is 33.2 Å². The van der Waals surface area contributed by atoms with Crippen molar-refractivity contribution in [2.45, 2.75) is 13.0 Å². The molecule has 0 saturated heterocycles. The minimum atomic E-state index is -0.247. The average Bonchev–Trinajstić information content (AvgIpc) is 2.85. The summed E-state index contributed by atoms with van der Waals surface area (Å²) in [4.78, 5) is 11.8. The van der Waals surface area contributed by atoms with Crippen LogP contribution in [0.4, 0.5) is 10.5 Å². The molecule has 1 atom stereocenters. The summed E-state index contributed by atoms with van der Waals surface area (Å²) in [7, 11) is 0. The number of rotatable bonds is 3. The van der Waals surface area contributed by atoms with Crippen molar-refractivity contribution < 1.29 is 9.21 Å². The maximum Gasteiger partial charge on any atom is 0.319 e. The molecule has 0 aliphatic heterocycles. The highest BCUT2D eigenvalue weighted by atomic mass is 127. The number of halogens is 1. The van der Waals surface area contributed by atoms with Crippen molar-refractivity contribution in [2.24, 2.45) is 0 Å². The van der Waals surface area contributed by atoms with Gasteiger partial charge in [0.05, 0.1) is 18.0 Å². The molecule has 5 heteroatoms.